The maximum Gasteiger partial charge on any atom is 0.276 e. The number of benzene rings is 2. The molecular weight excluding hydrogens is 372 g/mol. The highest BCUT2D eigenvalue weighted by Gasteiger charge is 2.25. The molecule has 8 heteroatoms. The third kappa shape index (κ3) is 3.33. The fourth-order valence-corrected chi connectivity index (χ4v) is 3.54. The fourth-order valence-electron chi connectivity index (χ4n) is 3.54. The van der Waals surface area contributed by atoms with Crippen LogP contribution in [0.15, 0.2) is 47.3 Å². The number of hydrogen-bond donors (Lipinski definition) is 1. The van der Waals surface area contributed by atoms with E-state index in [9.17, 15) is 14.4 Å². The molecule has 2 aromatic carbocycles. The van der Waals surface area contributed by atoms with Crippen molar-refractivity contribution in [2.45, 2.75) is 12.8 Å². The average Bonchev–Trinajstić information content (AvgIpc) is 3.16. The first kappa shape index (κ1) is 18.7. The highest BCUT2D eigenvalue weighted by molar-refractivity contribution is 6.11. The molecule has 1 aliphatic rings. The molecule has 2 heterocycles. The Morgan fingerprint density at radius 1 is 1.14 bits per heavy atom. The minimum absolute atomic E-state index is 0.0255. The summed E-state index contributed by atoms with van der Waals surface area (Å²) in [7, 11) is 3.05. The molecule has 1 aromatic heterocycles. The smallest absolute Gasteiger partial charge is 0.276 e. The van der Waals surface area contributed by atoms with Crippen molar-refractivity contribution in [3.63, 3.8) is 0 Å². The van der Waals surface area contributed by atoms with Crippen LogP contribution < -0.4 is 20.5 Å². The van der Waals surface area contributed by atoms with Gasteiger partial charge in [0.1, 0.15) is 5.75 Å². The largest absolute Gasteiger partial charge is 0.495 e. The van der Waals surface area contributed by atoms with Crippen molar-refractivity contribution < 1.29 is 14.3 Å². The van der Waals surface area contributed by atoms with Gasteiger partial charge in [-0.3, -0.25) is 14.4 Å². The van der Waals surface area contributed by atoms with Gasteiger partial charge in [-0.1, -0.05) is 18.2 Å². The van der Waals surface area contributed by atoms with Gasteiger partial charge in [0, 0.05) is 31.1 Å². The van der Waals surface area contributed by atoms with Crippen molar-refractivity contribution in [2.24, 2.45) is 7.05 Å². The van der Waals surface area contributed by atoms with Crippen LogP contribution in [-0.4, -0.2) is 35.2 Å². The Morgan fingerprint density at radius 3 is 2.59 bits per heavy atom. The summed E-state index contributed by atoms with van der Waals surface area (Å²) in [5, 5.41) is 7.87. The maximum atomic E-state index is 12.9. The van der Waals surface area contributed by atoms with Crippen molar-refractivity contribution in [1.29, 1.82) is 0 Å². The zero-order chi connectivity index (χ0) is 20.5. The number of carbonyl (C=O) groups is 2. The molecule has 8 nitrogen and oxygen atoms in total. The van der Waals surface area contributed by atoms with E-state index >= 15 is 0 Å². The van der Waals surface area contributed by atoms with Crippen LogP contribution in [0.1, 0.15) is 23.3 Å². The van der Waals surface area contributed by atoms with Gasteiger partial charge < -0.3 is 15.0 Å². The fraction of sp³-hybridized carbons (Fsp3) is 0.238. The van der Waals surface area contributed by atoms with Crippen LogP contribution >= 0.6 is 0 Å². The van der Waals surface area contributed by atoms with Crippen molar-refractivity contribution in [3.05, 3.63) is 58.5 Å². The zero-order valence-corrected chi connectivity index (χ0v) is 16.1. The summed E-state index contributed by atoms with van der Waals surface area (Å²) in [6, 6.07) is 12.0. The van der Waals surface area contributed by atoms with E-state index in [0.29, 0.717) is 40.9 Å². The number of aromatic nitrogens is 2. The Kier molecular flexibility index (Phi) is 4.75. The third-order valence-corrected chi connectivity index (χ3v) is 4.97. The van der Waals surface area contributed by atoms with Crippen LogP contribution in [0, 0.1) is 0 Å². The van der Waals surface area contributed by atoms with Crippen LogP contribution in [0.2, 0.25) is 0 Å². The molecule has 29 heavy (non-hydrogen) atoms. The Labute approximate surface area is 166 Å². The lowest BCUT2D eigenvalue weighted by atomic mass is 10.1. The molecule has 1 saturated heterocycles. The number of aryl methyl sites for hydroxylation is 1. The van der Waals surface area contributed by atoms with Gasteiger partial charge in [0.05, 0.1) is 18.2 Å². The first-order valence-electron chi connectivity index (χ1n) is 9.25. The number of methoxy groups -OCH3 is 1. The van der Waals surface area contributed by atoms with Gasteiger partial charge in [0.25, 0.3) is 11.5 Å². The van der Waals surface area contributed by atoms with Gasteiger partial charge in [-0.15, -0.1) is 0 Å². The average molecular weight is 392 g/mol. The van der Waals surface area contributed by atoms with Gasteiger partial charge in [-0.05, 0) is 30.7 Å². The second kappa shape index (κ2) is 7.38. The van der Waals surface area contributed by atoms with Crippen molar-refractivity contribution in [2.75, 3.05) is 23.9 Å². The van der Waals surface area contributed by atoms with Crippen LogP contribution in [0.3, 0.4) is 0 Å². The van der Waals surface area contributed by atoms with E-state index in [0.717, 1.165) is 11.1 Å². The molecule has 0 radical (unpaired) electrons. The van der Waals surface area contributed by atoms with Gasteiger partial charge in [0.2, 0.25) is 5.91 Å². The molecule has 2 amide bonds. The van der Waals surface area contributed by atoms with E-state index in [4.69, 9.17) is 4.74 Å². The number of ether oxygens (including phenoxy) is 1. The molecule has 4 rings (SSSR count). The number of nitrogens with zero attached hydrogens (tertiary/aromatic N) is 3. The lowest BCUT2D eigenvalue weighted by Crippen LogP contribution is -2.26. The molecule has 3 aromatic rings. The molecule has 0 bridgehead atoms. The predicted octanol–water partition coefficient (Wildman–Crippen LogP) is 2.32. The second-order valence-corrected chi connectivity index (χ2v) is 6.81. The Morgan fingerprint density at radius 2 is 1.90 bits per heavy atom. The summed E-state index contributed by atoms with van der Waals surface area (Å²) < 4.78 is 6.53. The topological polar surface area (TPSA) is 93.5 Å². The van der Waals surface area contributed by atoms with Crippen molar-refractivity contribution >= 4 is 34.0 Å². The van der Waals surface area contributed by atoms with Crippen LogP contribution in [0.25, 0.3) is 10.8 Å². The summed E-state index contributed by atoms with van der Waals surface area (Å²) in [5.74, 6) is 0.141. The van der Waals surface area contributed by atoms with Gasteiger partial charge in [-0.2, -0.15) is 5.10 Å². The van der Waals surface area contributed by atoms with E-state index in [1.165, 1.54) is 14.2 Å². The first-order chi connectivity index (χ1) is 14.0. The van der Waals surface area contributed by atoms with Crippen LogP contribution in [0.5, 0.6) is 5.75 Å². The van der Waals surface area contributed by atoms with Crippen LogP contribution in [0.4, 0.5) is 11.4 Å². The maximum absolute atomic E-state index is 12.9. The van der Waals surface area contributed by atoms with Crippen molar-refractivity contribution in [3.8, 4) is 5.75 Å². The molecule has 0 spiro atoms. The second-order valence-electron chi connectivity index (χ2n) is 6.81. The van der Waals surface area contributed by atoms with E-state index in [1.54, 1.807) is 47.4 Å². The monoisotopic (exact) mass is 392 g/mol. The number of carbonyl (C=O) groups excluding carboxylic acids is 2. The van der Waals surface area contributed by atoms with Crippen molar-refractivity contribution in [1.82, 2.24) is 9.78 Å². The van der Waals surface area contributed by atoms with E-state index in [2.05, 4.69) is 10.4 Å². The summed E-state index contributed by atoms with van der Waals surface area (Å²) in [6.07, 6.45) is 1.28. The summed E-state index contributed by atoms with van der Waals surface area (Å²) in [6.45, 7) is 0.611. The Balaban J connectivity index is 1.71. The normalized spacial score (nSPS) is 13.7. The zero-order valence-electron chi connectivity index (χ0n) is 16.1. The lowest BCUT2D eigenvalue weighted by molar-refractivity contribution is -0.117. The summed E-state index contributed by atoms with van der Waals surface area (Å²) in [4.78, 5) is 39.0. The number of fused-ring (bicyclic) bond motifs is 1. The van der Waals surface area contributed by atoms with E-state index < -0.39 is 5.91 Å². The summed E-state index contributed by atoms with van der Waals surface area (Å²) in [5.41, 5.74) is 1.00. The third-order valence-electron chi connectivity index (χ3n) is 4.97. The number of amides is 2. The first-order valence-corrected chi connectivity index (χ1v) is 9.25. The predicted molar refractivity (Wildman–Crippen MR) is 110 cm³/mol. The molecular formula is C21H20N4O4. The lowest BCUT2D eigenvalue weighted by Gasteiger charge is -2.20. The highest BCUT2D eigenvalue weighted by atomic mass is 16.5. The van der Waals surface area contributed by atoms with Crippen LogP contribution in [-0.2, 0) is 11.8 Å². The van der Waals surface area contributed by atoms with Gasteiger partial charge in [0.15, 0.2) is 5.69 Å². The Bertz CT molecular complexity index is 1190. The number of nitrogens with one attached hydrogen (secondary N) is 1. The van der Waals surface area contributed by atoms with E-state index in [1.807, 2.05) is 0 Å². The minimum Gasteiger partial charge on any atom is -0.495 e. The standard InChI is InChI=1S/C21H20N4O4/c1-24-21(28)15-7-4-3-6-14(15)19(23-24)20(27)22-13-9-10-17(29-2)16(12-13)25-11-5-8-18(25)26/h3-4,6-7,9-10,12H,5,8,11H2,1-2H3,(H,22,27). The minimum atomic E-state index is -0.444. The molecule has 148 valence electrons. The molecule has 1 aliphatic heterocycles. The SMILES string of the molecule is COc1ccc(NC(=O)c2nn(C)c(=O)c3ccccc23)cc1N1CCCC1=O. The van der Waals surface area contributed by atoms with Gasteiger partial charge >= 0.3 is 0 Å². The molecule has 1 fully saturated rings. The number of rotatable bonds is 4. The summed E-state index contributed by atoms with van der Waals surface area (Å²) >= 11 is 0. The van der Waals surface area contributed by atoms with E-state index in [-0.39, 0.29) is 17.2 Å². The molecule has 1 N–H and O–H groups in total. The quantitative estimate of drug-likeness (QED) is 0.735. The molecule has 0 aliphatic carbocycles. The molecule has 0 unspecified atom stereocenters. The highest BCUT2D eigenvalue weighted by Crippen LogP contribution is 2.34. The molecule has 0 atom stereocenters. The molecule has 0 saturated carbocycles. The Hall–Kier alpha value is -3.68. The number of hydrogen-bond acceptors (Lipinski definition) is 5. The van der Waals surface area contributed by atoms with Gasteiger partial charge in [-0.25, -0.2) is 4.68 Å². The number of anilines is 2.